The number of ether oxygens (including phenoxy) is 1. The molecule has 1 N–H and O–H groups in total. The highest BCUT2D eigenvalue weighted by Crippen LogP contribution is 2.33. The molecular formula is C23H37N3O2. The van der Waals surface area contributed by atoms with Crippen LogP contribution in [-0.2, 0) is 16.0 Å². The number of rotatable bonds is 9. The number of likely N-dealkylation sites (N-methyl/N-ethyl adjacent to an activating group) is 1. The summed E-state index contributed by atoms with van der Waals surface area (Å²) in [5, 5.41) is 3.29. The molecule has 1 heterocycles. The second-order valence-electron chi connectivity index (χ2n) is 8.27. The van der Waals surface area contributed by atoms with E-state index < -0.39 is 0 Å². The molecule has 28 heavy (non-hydrogen) atoms. The largest absolute Gasteiger partial charge is 0.379 e. The average molecular weight is 388 g/mol. The first-order valence-corrected chi connectivity index (χ1v) is 11.1. The van der Waals surface area contributed by atoms with Crippen LogP contribution in [0.2, 0.25) is 0 Å². The highest BCUT2D eigenvalue weighted by Gasteiger charge is 2.38. The Morgan fingerprint density at radius 1 is 1.14 bits per heavy atom. The lowest BCUT2D eigenvalue weighted by Crippen LogP contribution is -2.60. The fourth-order valence-corrected chi connectivity index (χ4v) is 4.66. The van der Waals surface area contributed by atoms with Gasteiger partial charge in [-0.1, -0.05) is 56.5 Å². The van der Waals surface area contributed by atoms with Crippen molar-refractivity contribution in [2.75, 3.05) is 52.5 Å². The summed E-state index contributed by atoms with van der Waals surface area (Å²) in [5.74, 6) is 0.160. The second kappa shape index (κ2) is 10.9. The summed E-state index contributed by atoms with van der Waals surface area (Å²) in [5.41, 5.74) is 1.47. The van der Waals surface area contributed by atoms with Gasteiger partial charge in [-0.25, -0.2) is 0 Å². The summed E-state index contributed by atoms with van der Waals surface area (Å²) >= 11 is 0. The topological polar surface area (TPSA) is 44.8 Å². The summed E-state index contributed by atoms with van der Waals surface area (Å²) < 4.78 is 5.56. The third kappa shape index (κ3) is 6.03. The number of benzene rings is 1. The van der Waals surface area contributed by atoms with Crippen molar-refractivity contribution in [2.24, 2.45) is 0 Å². The van der Waals surface area contributed by atoms with Gasteiger partial charge in [0.05, 0.1) is 19.8 Å². The first-order valence-electron chi connectivity index (χ1n) is 11.1. The van der Waals surface area contributed by atoms with Gasteiger partial charge >= 0.3 is 0 Å². The van der Waals surface area contributed by atoms with Gasteiger partial charge in [0, 0.05) is 31.7 Å². The number of hydrogen-bond donors (Lipinski definition) is 1. The maximum Gasteiger partial charge on any atom is 0.234 e. The molecule has 1 amide bonds. The Kier molecular flexibility index (Phi) is 8.31. The van der Waals surface area contributed by atoms with E-state index in [4.69, 9.17) is 4.74 Å². The van der Waals surface area contributed by atoms with E-state index in [9.17, 15) is 4.79 Å². The first kappa shape index (κ1) is 21.3. The molecule has 5 nitrogen and oxygen atoms in total. The molecule has 0 bridgehead atoms. The van der Waals surface area contributed by atoms with E-state index >= 15 is 0 Å². The minimum absolute atomic E-state index is 0.138. The number of hydrogen-bond acceptors (Lipinski definition) is 4. The number of nitrogens with one attached hydrogen (secondary N) is 1. The molecule has 3 rings (SSSR count). The summed E-state index contributed by atoms with van der Waals surface area (Å²) in [4.78, 5) is 17.5. The standard InChI is InChI=1S/C23H37N3O2/c1-2-25(14-11-21-9-5-3-6-10-21)19-22(27)24-20-23(12-7-4-8-13-23)26-15-17-28-18-16-26/h3,5-6,9-10H,2,4,7-8,11-20H2,1H3,(H,24,27). The highest BCUT2D eigenvalue weighted by molar-refractivity contribution is 5.78. The molecule has 0 spiro atoms. The van der Waals surface area contributed by atoms with Gasteiger partial charge in [0.15, 0.2) is 0 Å². The van der Waals surface area contributed by atoms with Crippen molar-refractivity contribution in [1.29, 1.82) is 0 Å². The van der Waals surface area contributed by atoms with Crippen LogP contribution >= 0.6 is 0 Å². The van der Waals surface area contributed by atoms with Crippen molar-refractivity contribution in [3.05, 3.63) is 35.9 Å². The van der Waals surface area contributed by atoms with Crippen LogP contribution in [0, 0.1) is 0 Å². The van der Waals surface area contributed by atoms with Crippen LogP contribution in [0.4, 0.5) is 0 Å². The van der Waals surface area contributed by atoms with Crippen LogP contribution in [0.1, 0.15) is 44.6 Å². The lowest BCUT2D eigenvalue weighted by atomic mass is 9.79. The minimum atomic E-state index is 0.138. The van der Waals surface area contributed by atoms with E-state index in [-0.39, 0.29) is 11.4 Å². The van der Waals surface area contributed by atoms with Gasteiger partial charge in [0.25, 0.3) is 0 Å². The van der Waals surface area contributed by atoms with Gasteiger partial charge < -0.3 is 10.1 Å². The number of carbonyl (C=O) groups is 1. The smallest absolute Gasteiger partial charge is 0.234 e. The van der Waals surface area contributed by atoms with Crippen molar-refractivity contribution in [3.8, 4) is 0 Å². The molecule has 5 heteroatoms. The fraction of sp³-hybridized carbons (Fsp3) is 0.696. The van der Waals surface area contributed by atoms with Crippen LogP contribution in [0.5, 0.6) is 0 Å². The SMILES string of the molecule is CCN(CCc1ccccc1)CC(=O)NCC1(N2CCOCC2)CCCCC1. The Morgan fingerprint density at radius 2 is 1.86 bits per heavy atom. The van der Waals surface area contributed by atoms with E-state index in [0.717, 1.165) is 52.4 Å². The van der Waals surface area contributed by atoms with Gasteiger partial charge in [0.2, 0.25) is 5.91 Å². The molecule has 1 aromatic rings. The zero-order valence-corrected chi connectivity index (χ0v) is 17.5. The normalized spacial score (nSPS) is 20.2. The van der Waals surface area contributed by atoms with Crippen molar-refractivity contribution in [3.63, 3.8) is 0 Å². The third-order valence-corrected chi connectivity index (χ3v) is 6.45. The van der Waals surface area contributed by atoms with Crippen LogP contribution in [0.3, 0.4) is 0 Å². The summed E-state index contributed by atoms with van der Waals surface area (Å²) in [6.07, 6.45) is 7.23. The zero-order valence-electron chi connectivity index (χ0n) is 17.5. The van der Waals surface area contributed by atoms with Crippen LogP contribution in [0.15, 0.2) is 30.3 Å². The van der Waals surface area contributed by atoms with Gasteiger partial charge in [-0.05, 0) is 31.4 Å². The van der Waals surface area contributed by atoms with Crippen molar-refractivity contribution in [2.45, 2.75) is 51.0 Å². The van der Waals surface area contributed by atoms with Crippen molar-refractivity contribution >= 4 is 5.91 Å². The minimum Gasteiger partial charge on any atom is -0.379 e. The van der Waals surface area contributed by atoms with Crippen LogP contribution in [0.25, 0.3) is 0 Å². The van der Waals surface area contributed by atoms with E-state index in [0.29, 0.717) is 6.54 Å². The molecular weight excluding hydrogens is 350 g/mol. The molecule has 0 atom stereocenters. The van der Waals surface area contributed by atoms with E-state index in [1.54, 1.807) is 0 Å². The Hall–Kier alpha value is -1.43. The number of amides is 1. The van der Waals surface area contributed by atoms with E-state index in [1.165, 1.54) is 37.7 Å². The molecule has 0 unspecified atom stereocenters. The molecule has 1 aliphatic carbocycles. The molecule has 0 radical (unpaired) electrons. The molecule has 1 saturated carbocycles. The third-order valence-electron chi connectivity index (χ3n) is 6.45. The van der Waals surface area contributed by atoms with Crippen LogP contribution in [-0.4, -0.2) is 73.7 Å². The lowest BCUT2D eigenvalue weighted by Gasteiger charge is -2.48. The molecule has 1 saturated heterocycles. The predicted octanol–water partition coefficient (Wildman–Crippen LogP) is 2.70. The van der Waals surface area contributed by atoms with Gasteiger partial charge in [-0.3, -0.25) is 14.6 Å². The number of nitrogens with zero attached hydrogens (tertiary/aromatic N) is 2. The zero-order chi connectivity index (χ0) is 19.7. The van der Waals surface area contributed by atoms with Crippen LogP contribution < -0.4 is 5.32 Å². The number of carbonyl (C=O) groups excluding carboxylic acids is 1. The summed E-state index contributed by atoms with van der Waals surface area (Å²) in [6, 6.07) is 10.5. The Morgan fingerprint density at radius 3 is 2.54 bits per heavy atom. The monoisotopic (exact) mass is 387 g/mol. The van der Waals surface area contributed by atoms with Crippen molar-refractivity contribution in [1.82, 2.24) is 15.1 Å². The van der Waals surface area contributed by atoms with E-state index in [1.807, 2.05) is 6.07 Å². The van der Waals surface area contributed by atoms with Crippen molar-refractivity contribution < 1.29 is 9.53 Å². The molecule has 0 aromatic heterocycles. The highest BCUT2D eigenvalue weighted by atomic mass is 16.5. The van der Waals surface area contributed by atoms with Gasteiger partial charge in [-0.2, -0.15) is 0 Å². The fourth-order valence-electron chi connectivity index (χ4n) is 4.66. The lowest BCUT2D eigenvalue weighted by molar-refractivity contribution is -0.123. The van der Waals surface area contributed by atoms with Gasteiger partial charge in [0.1, 0.15) is 0 Å². The second-order valence-corrected chi connectivity index (χ2v) is 8.27. The first-order chi connectivity index (χ1) is 13.7. The average Bonchev–Trinajstić information content (AvgIpc) is 2.77. The molecule has 156 valence electrons. The Bertz CT molecular complexity index is 581. The van der Waals surface area contributed by atoms with E-state index in [2.05, 4.69) is 46.3 Å². The number of morpholine rings is 1. The summed E-state index contributed by atoms with van der Waals surface area (Å²) in [7, 11) is 0. The maximum absolute atomic E-state index is 12.7. The quantitative estimate of drug-likeness (QED) is 0.708. The Balaban J connectivity index is 1.49. The maximum atomic E-state index is 12.7. The molecule has 2 aliphatic rings. The summed E-state index contributed by atoms with van der Waals surface area (Å²) in [6.45, 7) is 8.84. The molecule has 1 aromatic carbocycles. The molecule has 1 aliphatic heterocycles. The predicted molar refractivity (Wildman–Crippen MR) is 113 cm³/mol. The van der Waals surface area contributed by atoms with Gasteiger partial charge in [-0.15, -0.1) is 0 Å². The Labute approximate surface area is 170 Å². The molecule has 2 fully saturated rings.